The van der Waals surface area contributed by atoms with Gasteiger partial charge in [-0.1, -0.05) is 32.9 Å². The predicted octanol–water partition coefficient (Wildman–Crippen LogP) is 1.98. The van der Waals surface area contributed by atoms with Crippen LogP contribution < -0.4 is 10.6 Å². The molecule has 0 fully saturated rings. The molecule has 0 heterocycles. The first kappa shape index (κ1) is 18.0. The number of carboxylic acid groups (broad SMARTS) is 1. The lowest BCUT2D eigenvalue weighted by Crippen LogP contribution is -2.45. The van der Waals surface area contributed by atoms with Crippen LogP contribution in [0.15, 0.2) is 24.3 Å². The number of carboxylic acids is 1. The Morgan fingerprint density at radius 2 is 1.77 bits per heavy atom. The quantitative estimate of drug-likeness (QED) is 0.646. The first-order chi connectivity index (χ1) is 10.2. The van der Waals surface area contributed by atoms with Crippen molar-refractivity contribution in [3.8, 4) is 0 Å². The van der Waals surface area contributed by atoms with Crippen molar-refractivity contribution in [2.45, 2.75) is 39.8 Å². The van der Waals surface area contributed by atoms with Crippen molar-refractivity contribution in [1.29, 1.82) is 0 Å². The first-order valence-corrected chi connectivity index (χ1v) is 7.19. The van der Waals surface area contributed by atoms with Gasteiger partial charge in [-0.3, -0.25) is 0 Å². The number of hydrogen-bond donors (Lipinski definition) is 4. The summed E-state index contributed by atoms with van der Waals surface area (Å²) in [6.45, 7) is 6.30. The Kier molecular flexibility index (Phi) is 6.37. The summed E-state index contributed by atoms with van der Waals surface area (Å²) >= 11 is 0. The van der Waals surface area contributed by atoms with E-state index in [0.717, 1.165) is 5.56 Å². The average molecular weight is 308 g/mol. The molecule has 1 unspecified atom stereocenters. The number of urea groups is 1. The van der Waals surface area contributed by atoms with Crippen molar-refractivity contribution in [3.05, 3.63) is 35.4 Å². The van der Waals surface area contributed by atoms with Crippen molar-refractivity contribution in [3.63, 3.8) is 0 Å². The van der Waals surface area contributed by atoms with Crippen LogP contribution >= 0.6 is 0 Å². The summed E-state index contributed by atoms with van der Waals surface area (Å²) < 4.78 is 0. The van der Waals surface area contributed by atoms with E-state index in [4.69, 9.17) is 5.11 Å². The maximum absolute atomic E-state index is 11.8. The summed E-state index contributed by atoms with van der Waals surface area (Å²) in [6.07, 6.45) is 0.671. The number of aliphatic hydroxyl groups is 1. The van der Waals surface area contributed by atoms with Crippen LogP contribution in [-0.2, 0) is 6.54 Å². The van der Waals surface area contributed by atoms with Crippen LogP contribution in [0.1, 0.15) is 43.1 Å². The molecule has 0 aliphatic carbocycles. The Balaban J connectivity index is 2.46. The van der Waals surface area contributed by atoms with E-state index in [0.29, 0.717) is 13.0 Å². The van der Waals surface area contributed by atoms with Crippen LogP contribution in [-0.4, -0.2) is 34.9 Å². The Hall–Kier alpha value is -2.08. The highest BCUT2D eigenvalue weighted by molar-refractivity contribution is 5.87. The molecular weight excluding hydrogens is 284 g/mol. The third kappa shape index (κ3) is 6.58. The fourth-order valence-corrected chi connectivity index (χ4v) is 2.08. The molecule has 1 rings (SSSR count). The van der Waals surface area contributed by atoms with Crippen molar-refractivity contribution < 1.29 is 19.8 Å². The summed E-state index contributed by atoms with van der Waals surface area (Å²) in [4.78, 5) is 22.6. The molecule has 1 atom stereocenters. The molecule has 0 saturated carbocycles. The van der Waals surface area contributed by atoms with Crippen LogP contribution in [0.2, 0.25) is 0 Å². The monoisotopic (exact) mass is 308 g/mol. The van der Waals surface area contributed by atoms with Gasteiger partial charge in [-0.25, -0.2) is 9.59 Å². The normalized spacial score (nSPS) is 12.5. The minimum absolute atomic E-state index is 0.00728. The Morgan fingerprint density at radius 3 is 2.23 bits per heavy atom. The summed E-state index contributed by atoms with van der Waals surface area (Å²) in [7, 11) is 0. The Bertz CT molecular complexity index is 506. The molecule has 0 saturated heterocycles. The van der Waals surface area contributed by atoms with E-state index in [2.05, 4.69) is 10.6 Å². The molecule has 0 aliphatic heterocycles. The van der Waals surface area contributed by atoms with Crippen LogP contribution in [0.25, 0.3) is 0 Å². The van der Waals surface area contributed by atoms with Gasteiger partial charge >= 0.3 is 12.0 Å². The van der Waals surface area contributed by atoms with Gasteiger partial charge in [0.25, 0.3) is 0 Å². The molecule has 0 bridgehead atoms. The number of rotatable bonds is 6. The number of benzene rings is 1. The zero-order valence-corrected chi connectivity index (χ0v) is 13.2. The lowest BCUT2D eigenvalue weighted by atomic mass is 9.88. The molecule has 0 radical (unpaired) electrons. The van der Waals surface area contributed by atoms with E-state index in [1.807, 2.05) is 20.8 Å². The van der Waals surface area contributed by atoms with Gasteiger partial charge < -0.3 is 20.8 Å². The lowest BCUT2D eigenvalue weighted by Gasteiger charge is -2.25. The van der Waals surface area contributed by atoms with E-state index in [1.54, 1.807) is 12.1 Å². The van der Waals surface area contributed by atoms with E-state index in [1.165, 1.54) is 12.1 Å². The van der Waals surface area contributed by atoms with Crippen LogP contribution in [0.5, 0.6) is 0 Å². The van der Waals surface area contributed by atoms with E-state index < -0.39 is 5.97 Å². The van der Waals surface area contributed by atoms with Crippen LogP contribution in [0.3, 0.4) is 0 Å². The number of carbonyl (C=O) groups is 2. The van der Waals surface area contributed by atoms with E-state index in [9.17, 15) is 14.7 Å². The van der Waals surface area contributed by atoms with Gasteiger partial charge in [-0.2, -0.15) is 0 Å². The molecule has 0 aromatic heterocycles. The average Bonchev–Trinajstić information content (AvgIpc) is 2.43. The van der Waals surface area contributed by atoms with Crippen LogP contribution in [0.4, 0.5) is 4.79 Å². The molecule has 122 valence electrons. The van der Waals surface area contributed by atoms with Crippen molar-refractivity contribution in [1.82, 2.24) is 10.6 Å². The zero-order chi connectivity index (χ0) is 16.8. The van der Waals surface area contributed by atoms with Gasteiger partial charge in [-0.05, 0) is 29.5 Å². The van der Waals surface area contributed by atoms with Gasteiger partial charge in [0.2, 0.25) is 0 Å². The molecular formula is C16H24N2O4. The number of amides is 2. The summed E-state index contributed by atoms with van der Waals surface area (Å²) in [5.74, 6) is -0.981. The predicted molar refractivity (Wildman–Crippen MR) is 83.7 cm³/mol. The number of aliphatic hydroxyl groups excluding tert-OH is 1. The highest BCUT2D eigenvalue weighted by Gasteiger charge is 2.19. The van der Waals surface area contributed by atoms with E-state index >= 15 is 0 Å². The standard InChI is InChI=1S/C16H24N2O4/c1-16(2,3)8-13(10-19)18-15(22)17-9-11-4-6-12(7-5-11)14(20)21/h4-7,13,19H,8-10H2,1-3H3,(H,20,21)(H2,17,18,22). The summed E-state index contributed by atoms with van der Waals surface area (Å²) in [5.41, 5.74) is 1.02. The third-order valence-corrected chi connectivity index (χ3v) is 3.07. The second-order valence-corrected chi connectivity index (χ2v) is 6.47. The minimum Gasteiger partial charge on any atom is -0.478 e. The van der Waals surface area contributed by atoms with Gasteiger partial charge in [0, 0.05) is 6.54 Å². The topological polar surface area (TPSA) is 98.7 Å². The smallest absolute Gasteiger partial charge is 0.335 e. The Morgan fingerprint density at radius 1 is 1.18 bits per heavy atom. The number of nitrogens with one attached hydrogen (secondary N) is 2. The maximum Gasteiger partial charge on any atom is 0.335 e. The number of aromatic carboxylic acids is 1. The van der Waals surface area contributed by atoms with Gasteiger partial charge in [0.05, 0.1) is 18.2 Å². The molecule has 0 spiro atoms. The highest BCUT2D eigenvalue weighted by atomic mass is 16.4. The van der Waals surface area contributed by atoms with Crippen molar-refractivity contribution in [2.24, 2.45) is 5.41 Å². The number of carbonyl (C=O) groups excluding carboxylic acids is 1. The molecule has 4 N–H and O–H groups in total. The third-order valence-electron chi connectivity index (χ3n) is 3.07. The van der Waals surface area contributed by atoms with Gasteiger partial charge in [0.15, 0.2) is 0 Å². The zero-order valence-electron chi connectivity index (χ0n) is 13.2. The SMILES string of the molecule is CC(C)(C)CC(CO)NC(=O)NCc1ccc(C(=O)O)cc1. The molecule has 1 aromatic rings. The van der Waals surface area contributed by atoms with Crippen LogP contribution in [0, 0.1) is 5.41 Å². The highest BCUT2D eigenvalue weighted by Crippen LogP contribution is 2.20. The molecule has 2 amide bonds. The number of hydrogen-bond acceptors (Lipinski definition) is 3. The molecule has 6 nitrogen and oxygen atoms in total. The Labute approximate surface area is 130 Å². The van der Waals surface area contributed by atoms with Gasteiger partial charge in [-0.15, -0.1) is 0 Å². The first-order valence-electron chi connectivity index (χ1n) is 7.19. The largest absolute Gasteiger partial charge is 0.478 e. The second kappa shape index (κ2) is 7.79. The molecule has 22 heavy (non-hydrogen) atoms. The molecule has 0 aliphatic rings. The lowest BCUT2D eigenvalue weighted by molar-refractivity contribution is 0.0697. The molecule has 1 aromatic carbocycles. The van der Waals surface area contributed by atoms with Crippen molar-refractivity contribution in [2.75, 3.05) is 6.61 Å². The van der Waals surface area contributed by atoms with E-state index in [-0.39, 0.29) is 29.7 Å². The minimum atomic E-state index is -0.981. The fourth-order valence-electron chi connectivity index (χ4n) is 2.08. The fraction of sp³-hybridized carbons (Fsp3) is 0.500. The summed E-state index contributed by atoms with van der Waals surface area (Å²) in [6, 6.07) is 5.64. The van der Waals surface area contributed by atoms with Crippen molar-refractivity contribution >= 4 is 12.0 Å². The summed E-state index contributed by atoms with van der Waals surface area (Å²) in [5, 5.41) is 23.5. The maximum atomic E-state index is 11.8. The van der Waals surface area contributed by atoms with Gasteiger partial charge in [0.1, 0.15) is 0 Å². The second-order valence-electron chi connectivity index (χ2n) is 6.47. The molecule has 6 heteroatoms.